The zero-order valence-corrected chi connectivity index (χ0v) is 15.9. The normalized spacial score (nSPS) is 15.5. The predicted molar refractivity (Wildman–Crippen MR) is 104 cm³/mol. The van der Waals surface area contributed by atoms with Gasteiger partial charge in [0.25, 0.3) is 0 Å². The topological polar surface area (TPSA) is 41.6 Å². The van der Waals surface area contributed by atoms with Crippen LogP contribution in [0.2, 0.25) is 5.02 Å². The third kappa shape index (κ3) is 6.52. The third-order valence-electron chi connectivity index (χ3n) is 4.68. The Kier molecular flexibility index (Phi) is 7.07. The van der Waals surface area contributed by atoms with Crippen LogP contribution in [-0.4, -0.2) is 36.5 Å². The highest BCUT2D eigenvalue weighted by atomic mass is 35.5. The lowest BCUT2D eigenvalue weighted by Crippen LogP contribution is -2.44. The molecule has 0 aliphatic carbocycles. The SMILES string of the molecule is O=C(CCOc1ccc(F)cc1)NC1CCN(Cc2ccc(Cl)cc2)CC1. The summed E-state index contributed by atoms with van der Waals surface area (Å²) >= 11 is 5.92. The van der Waals surface area contributed by atoms with E-state index < -0.39 is 0 Å². The van der Waals surface area contributed by atoms with Gasteiger partial charge in [-0.15, -0.1) is 0 Å². The van der Waals surface area contributed by atoms with Gasteiger partial charge in [0.05, 0.1) is 13.0 Å². The standard InChI is InChI=1S/C21H24ClFN2O2/c22-17-3-1-16(2-4-17)15-25-12-9-19(10-13-25)24-21(26)11-14-27-20-7-5-18(23)6-8-20/h1-8,19H,9-15H2,(H,24,26). The largest absolute Gasteiger partial charge is 0.493 e. The Morgan fingerprint density at radius 3 is 2.44 bits per heavy atom. The van der Waals surface area contributed by atoms with Crippen LogP contribution in [0.25, 0.3) is 0 Å². The van der Waals surface area contributed by atoms with E-state index in [2.05, 4.69) is 22.3 Å². The fourth-order valence-corrected chi connectivity index (χ4v) is 3.30. The van der Waals surface area contributed by atoms with Crippen molar-refractivity contribution >= 4 is 17.5 Å². The van der Waals surface area contributed by atoms with Crippen LogP contribution in [0, 0.1) is 5.82 Å². The molecule has 27 heavy (non-hydrogen) atoms. The van der Waals surface area contributed by atoms with Crippen LogP contribution < -0.4 is 10.1 Å². The molecule has 4 nitrogen and oxygen atoms in total. The van der Waals surface area contributed by atoms with Gasteiger partial charge in [-0.1, -0.05) is 23.7 Å². The molecule has 0 unspecified atom stereocenters. The van der Waals surface area contributed by atoms with Gasteiger partial charge in [0.2, 0.25) is 5.91 Å². The highest BCUT2D eigenvalue weighted by Crippen LogP contribution is 2.16. The van der Waals surface area contributed by atoms with Gasteiger partial charge in [-0.2, -0.15) is 0 Å². The smallest absolute Gasteiger partial charge is 0.223 e. The van der Waals surface area contributed by atoms with E-state index in [4.69, 9.17) is 16.3 Å². The molecule has 6 heteroatoms. The van der Waals surface area contributed by atoms with Crippen molar-refractivity contribution in [3.8, 4) is 5.75 Å². The molecule has 0 radical (unpaired) electrons. The van der Waals surface area contributed by atoms with E-state index in [0.29, 0.717) is 12.2 Å². The van der Waals surface area contributed by atoms with Crippen molar-refractivity contribution in [2.75, 3.05) is 19.7 Å². The van der Waals surface area contributed by atoms with Gasteiger partial charge < -0.3 is 10.1 Å². The van der Waals surface area contributed by atoms with E-state index in [1.54, 1.807) is 12.1 Å². The molecule has 3 rings (SSSR count). The zero-order chi connectivity index (χ0) is 19.1. The van der Waals surface area contributed by atoms with Gasteiger partial charge in [0.1, 0.15) is 11.6 Å². The number of carbonyl (C=O) groups excluding carboxylic acids is 1. The van der Waals surface area contributed by atoms with E-state index >= 15 is 0 Å². The number of carbonyl (C=O) groups is 1. The number of likely N-dealkylation sites (tertiary alicyclic amines) is 1. The van der Waals surface area contributed by atoms with Crippen LogP contribution in [0.5, 0.6) is 5.75 Å². The van der Waals surface area contributed by atoms with Gasteiger partial charge in [0, 0.05) is 30.7 Å². The summed E-state index contributed by atoms with van der Waals surface area (Å²) in [5.41, 5.74) is 1.25. The molecule has 0 aromatic heterocycles. The number of nitrogens with zero attached hydrogens (tertiary/aromatic N) is 1. The summed E-state index contributed by atoms with van der Waals surface area (Å²) < 4.78 is 18.3. The first-order chi connectivity index (χ1) is 13.1. The minimum atomic E-state index is -0.303. The Labute approximate surface area is 164 Å². The van der Waals surface area contributed by atoms with E-state index in [-0.39, 0.29) is 24.4 Å². The quantitative estimate of drug-likeness (QED) is 0.776. The Morgan fingerprint density at radius 1 is 1.11 bits per heavy atom. The molecule has 0 atom stereocenters. The van der Waals surface area contributed by atoms with Crippen LogP contribution in [-0.2, 0) is 11.3 Å². The van der Waals surface area contributed by atoms with Crippen molar-refractivity contribution in [2.24, 2.45) is 0 Å². The Bertz CT molecular complexity index is 729. The number of amides is 1. The molecule has 0 spiro atoms. The van der Waals surface area contributed by atoms with Gasteiger partial charge in [0.15, 0.2) is 0 Å². The fourth-order valence-electron chi connectivity index (χ4n) is 3.18. The number of rotatable bonds is 7. The Hall–Kier alpha value is -2.11. The molecule has 1 N–H and O–H groups in total. The van der Waals surface area contributed by atoms with Crippen LogP contribution in [0.4, 0.5) is 4.39 Å². The van der Waals surface area contributed by atoms with Gasteiger partial charge >= 0.3 is 0 Å². The zero-order valence-electron chi connectivity index (χ0n) is 15.2. The number of hydrogen-bond donors (Lipinski definition) is 1. The minimum Gasteiger partial charge on any atom is -0.493 e. The van der Waals surface area contributed by atoms with Crippen molar-refractivity contribution in [3.05, 3.63) is 64.9 Å². The highest BCUT2D eigenvalue weighted by Gasteiger charge is 2.20. The number of ether oxygens (including phenoxy) is 1. The van der Waals surface area contributed by atoms with E-state index in [9.17, 15) is 9.18 Å². The molecule has 2 aromatic rings. The summed E-state index contributed by atoms with van der Waals surface area (Å²) in [7, 11) is 0. The number of nitrogens with one attached hydrogen (secondary N) is 1. The monoisotopic (exact) mass is 390 g/mol. The first-order valence-corrected chi connectivity index (χ1v) is 9.61. The molecular formula is C21H24ClFN2O2. The maximum Gasteiger partial charge on any atom is 0.223 e. The van der Waals surface area contributed by atoms with Crippen molar-refractivity contribution in [3.63, 3.8) is 0 Å². The lowest BCUT2D eigenvalue weighted by molar-refractivity contribution is -0.122. The summed E-state index contributed by atoms with van der Waals surface area (Å²) in [6.07, 6.45) is 2.18. The first kappa shape index (κ1) is 19.6. The number of halogens is 2. The maximum atomic E-state index is 12.8. The van der Waals surface area contributed by atoms with Crippen molar-refractivity contribution in [1.82, 2.24) is 10.2 Å². The molecular weight excluding hydrogens is 367 g/mol. The third-order valence-corrected chi connectivity index (χ3v) is 4.94. The molecule has 0 bridgehead atoms. The molecule has 2 aromatic carbocycles. The van der Waals surface area contributed by atoms with Crippen molar-refractivity contribution < 1.29 is 13.9 Å². The summed E-state index contributed by atoms with van der Waals surface area (Å²) in [4.78, 5) is 14.5. The molecule has 1 aliphatic heterocycles. The predicted octanol–water partition coefficient (Wildman–Crippen LogP) is 4.03. The second-order valence-corrected chi connectivity index (χ2v) is 7.23. The molecule has 144 valence electrons. The summed E-state index contributed by atoms with van der Waals surface area (Å²) in [6, 6.07) is 13.9. The first-order valence-electron chi connectivity index (χ1n) is 9.23. The molecule has 1 amide bonds. The summed E-state index contributed by atoms with van der Waals surface area (Å²) in [5, 5.41) is 3.84. The summed E-state index contributed by atoms with van der Waals surface area (Å²) in [5.74, 6) is 0.260. The Balaban J connectivity index is 1.33. The number of hydrogen-bond acceptors (Lipinski definition) is 3. The maximum absolute atomic E-state index is 12.8. The molecule has 0 saturated carbocycles. The van der Waals surface area contributed by atoms with Crippen molar-refractivity contribution in [1.29, 1.82) is 0 Å². The van der Waals surface area contributed by atoms with Crippen LogP contribution in [0.3, 0.4) is 0 Å². The average molecular weight is 391 g/mol. The van der Waals surface area contributed by atoms with Crippen molar-refractivity contribution in [2.45, 2.75) is 31.8 Å². The average Bonchev–Trinajstić information content (AvgIpc) is 2.67. The lowest BCUT2D eigenvalue weighted by atomic mass is 10.0. The second kappa shape index (κ2) is 9.72. The lowest BCUT2D eigenvalue weighted by Gasteiger charge is -2.32. The molecule has 1 aliphatic rings. The van der Waals surface area contributed by atoms with E-state index in [0.717, 1.165) is 37.5 Å². The van der Waals surface area contributed by atoms with Gasteiger partial charge in [-0.3, -0.25) is 9.69 Å². The molecule has 1 fully saturated rings. The number of benzene rings is 2. The summed E-state index contributed by atoms with van der Waals surface area (Å²) in [6.45, 7) is 3.11. The Morgan fingerprint density at radius 2 is 1.78 bits per heavy atom. The molecule has 1 heterocycles. The van der Waals surface area contributed by atoms with Gasteiger partial charge in [-0.05, 0) is 54.8 Å². The molecule has 1 saturated heterocycles. The number of piperidine rings is 1. The second-order valence-electron chi connectivity index (χ2n) is 6.80. The fraction of sp³-hybridized carbons (Fsp3) is 0.381. The van der Waals surface area contributed by atoms with Crippen LogP contribution in [0.15, 0.2) is 48.5 Å². The minimum absolute atomic E-state index is 0.00624. The van der Waals surface area contributed by atoms with Gasteiger partial charge in [-0.25, -0.2) is 4.39 Å². The van der Waals surface area contributed by atoms with E-state index in [1.165, 1.54) is 17.7 Å². The van der Waals surface area contributed by atoms with Crippen LogP contribution in [0.1, 0.15) is 24.8 Å². The van der Waals surface area contributed by atoms with E-state index in [1.807, 2.05) is 12.1 Å². The highest BCUT2D eigenvalue weighted by molar-refractivity contribution is 6.30. The van der Waals surface area contributed by atoms with Crippen LogP contribution >= 0.6 is 11.6 Å².